The van der Waals surface area contributed by atoms with E-state index in [4.69, 9.17) is 9.72 Å². The molecule has 0 saturated carbocycles. The molecule has 1 aliphatic carbocycles. The Balaban J connectivity index is 1.94. The second kappa shape index (κ2) is 4.84. The SMILES string of the molecule is CNC1CC(C)(C)Cc2nc(C3CCCO3)ncc21. The maximum Gasteiger partial charge on any atom is 0.157 e. The summed E-state index contributed by atoms with van der Waals surface area (Å²) in [6, 6.07) is 0.372. The second-order valence-electron chi connectivity index (χ2n) is 6.52. The van der Waals surface area contributed by atoms with Crippen LogP contribution < -0.4 is 5.32 Å². The summed E-state index contributed by atoms with van der Waals surface area (Å²) in [5.74, 6) is 0.879. The molecule has 0 aromatic carbocycles. The van der Waals surface area contributed by atoms with E-state index in [9.17, 15) is 0 Å². The molecule has 0 amide bonds. The van der Waals surface area contributed by atoms with Crippen molar-refractivity contribution in [1.29, 1.82) is 0 Å². The Bertz CT molecular complexity index is 466. The smallest absolute Gasteiger partial charge is 0.157 e. The average molecular weight is 261 g/mol. The third-order valence-electron chi connectivity index (χ3n) is 4.26. The molecule has 3 rings (SSSR count). The van der Waals surface area contributed by atoms with Crippen LogP contribution in [0.15, 0.2) is 6.20 Å². The summed E-state index contributed by atoms with van der Waals surface area (Å²) in [6.07, 6.45) is 6.47. The Morgan fingerprint density at radius 1 is 1.42 bits per heavy atom. The van der Waals surface area contributed by atoms with Crippen molar-refractivity contribution in [2.24, 2.45) is 5.41 Å². The molecule has 0 bridgehead atoms. The number of aromatic nitrogens is 2. The van der Waals surface area contributed by atoms with Crippen molar-refractivity contribution in [3.8, 4) is 0 Å². The summed E-state index contributed by atoms with van der Waals surface area (Å²) in [7, 11) is 2.02. The summed E-state index contributed by atoms with van der Waals surface area (Å²) >= 11 is 0. The fourth-order valence-corrected chi connectivity index (χ4v) is 3.26. The Hall–Kier alpha value is -1.00. The molecule has 0 radical (unpaired) electrons. The van der Waals surface area contributed by atoms with Crippen LogP contribution in [0.4, 0.5) is 0 Å². The standard InChI is InChI=1S/C15H23N3O/c1-15(2)7-11(16-3)10-9-17-14(18-12(10)8-15)13-5-4-6-19-13/h9,11,13,16H,4-8H2,1-3H3. The number of rotatable bonds is 2. The van der Waals surface area contributed by atoms with Crippen molar-refractivity contribution in [2.75, 3.05) is 13.7 Å². The van der Waals surface area contributed by atoms with E-state index in [1.165, 1.54) is 11.3 Å². The van der Waals surface area contributed by atoms with Crippen LogP contribution in [0.5, 0.6) is 0 Å². The monoisotopic (exact) mass is 261 g/mol. The summed E-state index contributed by atoms with van der Waals surface area (Å²) in [5.41, 5.74) is 2.77. The first-order chi connectivity index (χ1) is 9.09. The highest BCUT2D eigenvalue weighted by atomic mass is 16.5. The highest BCUT2D eigenvalue weighted by molar-refractivity contribution is 5.27. The third-order valence-corrected chi connectivity index (χ3v) is 4.26. The van der Waals surface area contributed by atoms with Gasteiger partial charge in [-0.25, -0.2) is 9.97 Å². The van der Waals surface area contributed by atoms with Crippen molar-refractivity contribution in [3.63, 3.8) is 0 Å². The minimum Gasteiger partial charge on any atom is -0.370 e. The molecule has 1 N–H and O–H groups in total. The average Bonchev–Trinajstić information content (AvgIpc) is 2.89. The molecule has 1 aliphatic heterocycles. The first-order valence-electron chi connectivity index (χ1n) is 7.24. The number of nitrogens with one attached hydrogen (secondary N) is 1. The van der Waals surface area contributed by atoms with Crippen LogP contribution in [0.3, 0.4) is 0 Å². The molecule has 1 aromatic rings. The van der Waals surface area contributed by atoms with E-state index < -0.39 is 0 Å². The van der Waals surface area contributed by atoms with Crippen molar-refractivity contribution in [1.82, 2.24) is 15.3 Å². The van der Waals surface area contributed by atoms with E-state index in [-0.39, 0.29) is 6.10 Å². The van der Waals surface area contributed by atoms with Gasteiger partial charge in [0.05, 0.1) is 0 Å². The third kappa shape index (κ3) is 2.51. The predicted octanol–water partition coefficient (Wildman–Crippen LogP) is 2.56. The van der Waals surface area contributed by atoms with Crippen molar-refractivity contribution < 1.29 is 4.74 Å². The summed E-state index contributed by atoms with van der Waals surface area (Å²) in [6.45, 7) is 5.47. The van der Waals surface area contributed by atoms with E-state index >= 15 is 0 Å². The molecule has 1 saturated heterocycles. The van der Waals surface area contributed by atoms with Crippen LogP contribution in [0.25, 0.3) is 0 Å². The highest BCUT2D eigenvalue weighted by Gasteiger charge is 2.33. The van der Waals surface area contributed by atoms with Gasteiger partial charge in [-0.15, -0.1) is 0 Å². The molecule has 2 heterocycles. The molecule has 2 atom stereocenters. The van der Waals surface area contributed by atoms with E-state index in [2.05, 4.69) is 24.1 Å². The van der Waals surface area contributed by atoms with Crippen LogP contribution in [0.2, 0.25) is 0 Å². The van der Waals surface area contributed by atoms with Gasteiger partial charge in [0.2, 0.25) is 0 Å². The van der Waals surface area contributed by atoms with E-state index in [1.807, 2.05) is 13.2 Å². The molecule has 104 valence electrons. The number of nitrogens with zero attached hydrogens (tertiary/aromatic N) is 2. The zero-order valence-electron chi connectivity index (χ0n) is 12.1. The van der Waals surface area contributed by atoms with Gasteiger partial charge >= 0.3 is 0 Å². The van der Waals surface area contributed by atoms with Crippen LogP contribution in [-0.4, -0.2) is 23.6 Å². The highest BCUT2D eigenvalue weighted by Crippen LogP contribution is 2.40. The van der Waals surface area contributed by atoms with Crippen molar-refractivity contribution in [2.45, 2.75) is 51.7 Å². The largest absolute Gasteiger partial charge is 0.370 e. The first kappa shape index (κ1) is 13.0. The molecule has 19 heavy (non-hydrogen) atoms. The lowest BCUT2D eigenvalue weighted by molar-refractivity contribution is 0.104. The summed E-state index contributed by atoms with van der Waals surface area (Å²) in [5, 5.41) is 3.39. The Labute approximate surface area is 115 Å². The Morgan fingerprint density at radius 3 is 2.95 bits per heavy atom. The predicted molar refractivity (Wildman–Crippen MR) is 73.9 cm³/mol. The zero-order valence-corrected chi connectivity index (χ0v) is 12.1. The lowest BCUT2D eigenvalue weighted by Crippen LogP contribution is -2.33. The van der Waals surface area contributed by atoms with Gasteiger partial charge in [-0.3, -0.25) is 0 Å². The first-order valence-corrected chi connectivity index (χ1v) is 7.24. The molecule has 0 spiro atoms. The molecule has 2 aliphatic rings. The molecule has 2 unspecified atom stereocenters. The van der Waals surface area contributed by atoms with Crippen LogP contribution in [-0.2, 0) is 11.2 Å². The molecule has 4 heteroatoms. The van der Waals surface area contributed by atoms with E-state index in [0.29, 0.717) is 11.5 Å². The maximum atomic E-state index is 5.69. The zero-order chi connectivity index (χ0) is 13.5. The Kier molecular flexibility index (Phi) is 3.31. The van der Waals surface area contributed by atoms with Crippen LogP contribution in [0, 0.1) is 5.41 Å². The minimum absolute atomic E-state index is 0.114. The number of hydrogen-bond acceptors (Lipinski definition) is 4. The Morgan fingerprint density at radius 2 is 2.26 bits per heavy atom. The van der Waals surface area contributed by atoms with Crippen molar-refractivity contribution >= 4 is 0 Å². The van der Waals surface area contributed by atoms with E-state index in [1.54, 1.807) is 0 Å². The minimum atomic E-state index is 0.114. The summed E-state index contributed by atoms with van der Waals surface area (Å²) in [4.78, 5) is 9.36. The van der Waals surface area contributed by atoms with Gasteiger partial charge in [-0.1, -0.05) is 13.8 Å². The second-order valence-corrected chi connectivity index (χ2v) is 6.52. The van der Waals surface area contributed by atoms with Gasteiger partial charge in [-0.2, -0.15) is 0 Å². The number of fused-ring (bicyclic) bond motifs is 1. The fraction of sp³-hybridized carbons (Fsp3) is 0.733. The summed E-state index contributed by atoms with van der Waals surface area (Å²) < 4.78 is 5.69. The quantitative estimate of drug-likeness (QED) is 0.889. The molecule has 1 fully saturated rings. The molecular formula is C15H23N3O. The van der Waals surface area contributed by atoms with Crippen LogP contribution >= 0.6 is 0 Å². The lowest BCUT2D eigenvalue weighted by Gasteiger charge is -2.36. The van der Waals surface area contributed by atoms with Crippen molar-refractivity contribution in [3.05, 3.63) is 23.3 Å². The van der Waals surface area contributed by atoms with Gasteiger partial charge in [0, 0.05) is 30.1 Å². The van der Waals surface area contributed by atoms with Crippen LogP contribution in [0.1, 0.15) is 62.3 Å². The molecule has 4 nitrogen and oxygen atoms in total. The number of ether oxygens (including phenoxy) is 1. The topological polar surface area (TPSA) is 47.0 Å². The number of hydrogen-bond donors (Lipinski definition) is 1. The lowest BCUT2D eigenvalue weighted by atomic mass is 9.74. The van der Waals surface area contributed by atoms with E-state index in [0.717, 1.165) is 38.1 Å². The molecule has 1 aromatic heterocycles. The van der Waals surface area contributed by atoms with Gasteiger partial charge in [0.25, 0.3) is 0 Å². The maximum absolute atomic E-state index is 5.69. The van der Waals surface area contributed by atoms with Gasteiger partial charge in [0.15, 0.2) is 5.82 Å². The van der Waals surface area contributed by atoms with Gasteiger partial charge < -0.3 is 10.1 Å². The van der Waals surface area contributed by atoms with Gasteiger partial charge in [-0.05, 0) is 38.1 Å². The fourth-order valence-electron chi connectivity index (χ4n) is 3.26. The molecular weight excluding hydrogens is 238 g/mol. The normalized spacial score (nSPS) is 29.2. The van der Waals surface area contributed by atoms with Gasteiger partial charge in [0.1, 0.15) is 6.10 Å².